The molecule has 0 amide bonds. The summed E-state index contributed by atoms with van der Waals surface area (Å²) in [7, 11) is 2.27. The molecule has 3 atom stereocenters. The van der Waals surface area contributed by atoms with Gasteiger partial charge in [-0.05, 0) is 57.9 Å². The summed E-state index contributed by atoms with van der Waals surface area (Å²) in [5.74, 6) is 3.23. The zero-order chi connectivity index (χ0) is 9.42. The van der Waals surface area contributed by atoms with Gasteiger partial charge < -0.3 is 4.90 Å². The van der Waals surface area contributed by atoms with Crippen molar-refractivity contribution >= 4 is 0 Å². The normalized spacial score (nSPS) is 38.1. The van der Waals surface area contributed by atoms with E-state index >= 15 is 0 Å². The maximum atomic E-state index is 2.52. The van der Waals surface area contributed by atoms with Crippen LogP contribution in [-0.4, -0.2) is 24.5 Å². The predicted octanol–water partition coefficient (Wildman–Crippen LogP) is 2.76. The molecule has 0 aliphatic heterocycles. The Balaban J connectivity index is 1.83. The zero-order valence-electron chi connectivity index (χ0n) is 9.29. The lowest BCUT2D eigenvalue weighted by molar-refractivity contribution is 0.189. The van der Waals surface area contributed by atoms with Gasteiger partial charge in [0.1, 0.15) is 0 Å². The van der Waals surface area contributed by atoms with Crippen LogP contribution in [0.2, 0.25) is 0 Å². The van der Waals surface area contributed by atoms with Crippen LogP contribution in [0.25, 0.3) is 0 Å². The Kier molecular flexibility index (Phi) is 2.64. The van der Waals surface area contributed by atoms with Crippen molar-refractivity contribution in [3.63, 3.8) is 0 Å². The van der Waals surface area contributed by atoms with Gasteiger partial charge in [0.05, 0.1) is 0 Å². The summed E-state index contributed by atoms with van der Waals surface area (Å²) in [6, 6.07) is 0.721. The van der Waals surface area contributed by atoms with Gasteiger partial charge in [-0.15, -0.1) is 0 Å². The molecule has 0 spiro atoms. The van der Waals surface area contributed by atoms with Crippen LogP contribution in [0.3, 0.4) is 0 Å². The maximum Gasteiger partial charge on any atom is 0.00356 e. The van der Waals surface area contributed by atoms with Gasteiger partial charge in [-0.3, -0.25) is 0 Å². The number of rotatable bonds is 3. The molecule has 1 nitrogen and oxygen atoms in total. The van der Waals surface area contributed by atoms with Gasteiger partial charge in [-0.2, -0.15) is 0 Å². The third-order valence-corrected chi connectivity index (χ3v) is 4.29. The molecule has 2 rings (SSSR count). The van der Waals surface area contributed by atoms with E-state index in [4.69, 9.17) is 0 Å². The minimum absolute atomic E-state index is 0.721. The molecule has 0 aromatic rings. The van der Waals surface area contributed by atoms with Crippen molar-refractivity contribution in [1.29, 1.82) is 0 Å². The Bertz CT molecular complexity index is 176. The van der Waals surface area contributed by atoms with Crippen LogP contribution in [0, 0.1) is 17.8 Å². The van der Waals surface area contributed by atoms with Gasteiger partial charge in [0, 0.05) is 12.6 Å². The van der Waals surface area contributed by atoms with Gasteiger partial charge >= 0.3 is 0 Å². The van der Waals surface area contributed by atoms with E-state index in [1.54, 1.807) is 6.42 Å². The molecule has 1 heteroatoms. The summed E-state index contributed by atoms with van der Waals surface area (Å²) in [5, 5.41) is 0. The second kappa shape index (κ2) is 3.61. The van der Waals surface area contributed by atoms with Crippen LogP contribution < -0.4 is 0 Å². The van der Waals surface area contributed by atoms with Crippen LogP contribution in [0.5, 0.6) is 0 Å². The minimum atomic E-state index is 0.721. The highest BCUT2D eigenvalue weighted by atomic mass is 15.1. The highest BCUT2D eigenvalue weighted by molar-refractivity contribution is 4.91. The van der Waals surface area contributed by atoms with Crippen molar-refractivity contribution in [3.8, 4) is 0 Å². The maximum absolute atomic E-state index is 2.52. The fourth-order valence-electron chi connectivity index (χ4n) is 3.18. The van der Waals surface area contributed by atoms with Crippen molar-refractivity contribution in [2.75, 3.05) is 13.6 Å². The van der Waals surface area contributed by atoms with Crippen LogP contribution >= 0.6 is 0 Å². The number of nitrogens with zero attached hydrogens (tertiary/aromatic N) is 1. The molecule has 0 heterocycles. The SMILES string of the molecule is CC(C)N(C)CC1CC2CCC1C2. The first kappa shape index (κ1) is 9.51. The molecule has 13 heavy (non-hydrogen) atoms. The van der Waals surface area contributed by atoms with Gasteiger partial charge in [0.15, 0.2) is 0 Å². The highest BCUT2D eigenvalue weighted by Gasteiger charge is 2.39. The Morgan fingerprint density at radius 2 is 2.00 bits per heavy atom. The van der Waals surface area contributed by atoms with Crippen molar-refractivity contribution in [1.82, 2.24) is 4.90 Å². The van der Waals surface area contributed by atoms with E-state index in [9.17, 15) is 0 Å². The summed E-state index contributed by atoms with van der Waals surface area (Å²) in [6.07, 6.45) is 6.14. The Morgan fingerprint density at radius 1 is 1.23 bits per heavy atom. The van der Waals surface area contributed by atoms with E-state index in [0.29, 0.717) is 0 Å². The van der Waals surface area contributed by atoms with Crippen molar-refractivity contribution in [3.05, 3.63) is 0 Å². The molecule has 2 aliphatic carbocycles. The molecule has 2 saturated carbocycles. The second-order valence-electron chi connectivity index (χ2n) is 5.47. The first-order valence-electron chi connectivity index (χ1n) is 5.87. The van der Waals surface area contributed by atoms with Crippen molar-refractivity contribution in [2.45, 2.75) is 45.6 Å². The number of hydrogen-bond donors (Lipinski definition) is 0. The average molecular weight is 181 g/mol. The average Bonchev–Trinajstić information content (AvgIpc) is 2.64. The lowest BCUT2D eigenvalue weighted by Gasteiger charge is -2.29. The van der Waals surface area contributed by atoms with E-state index in [2.05, 4.69) is 25.8 Å². The highest BCUT2D eigenvalue weighted by Crippen LogP contribution is 2.48. The van der Waals surface area contributed by atoms with E-state index in [0.717, 1.165) is 23.8 Å². The van der Waals surface area contributed by atoms with Gasteiger partial charge in [-0.25, -0.2) is 0 Å². The van der Waals surface area contributed by atoms with E-state index < -0.39 is 0 Å². The topological polar surface area (TPSA) is 3.24 Å². The Hall–Kier alpha value is -0.0400. The molecule has 3 unspecified atom stereocenters. The van der Waals surface area contributed by atoms with Gasteiger partial charge in [0.2, 0.25) is 0 Å². The Labute approximate surface area is 82.5 Å². The molecule has 0 radical (unpaired) electrons. The first-order valence-corrected chi connectivity index (χ1v) is 5.87. The molecule has 2 fully saturated rings. The van der Waals surface area contributed by atoms with Crippen molar-refractivity contribution < 1.29 is 0 Å². The molecular weight excluding hydrogens is 158 g/mol. The lowest BCUT2D eigenvalue weighted by atomic mass is 9.88. The Morgan fingerprint density at radius 3 is 2.46 bits per heavy atom. The van der Waals surface area contributed by atoms with Crippen LogP contribution in [0.15, 0.2) is 0 Å². The van der Waals surface area contributed by atoms with Gasteiger partial charge in [-0.1, -0.05) is 6.42 Å². The third kappa shape index (κ3) is 1.90. The molecule has 0 N–H and O–H groups in total. The quantitative estimate of drug-likeness (QED) is 0.647. The third-order valence-electron chi connectivity index (χ3n) is 4.29. The van der Waals surface area contributed by atoms with Crippen LogP contribution in [-0.2, 0) is 0 Å². The predicted molar refractivity (Wildman–Crippen MR) is 56.7 cm³/mol. The van der Waals surface area contributed by atoms with E-state index in [1.807, 2.05) is 0 Å². The molecule has 0 saturated heterocycles. The van der Waals surface area contributed by atoms with Gasteiger partial charge in [0.25, 0.3) is 0 Å². The number of fused-ring (bicyclic) bond motifs is 2. The van der Waals surface area contributed by atoms with E-state index in [-0.39, 0.29) is 0 Å². The van der Waals surface area contributed by atoms with E-state index in [1.165, 1.54) is 25.8 Å². The van der Waals surface area contributed by atoms with Crippen LogP contribution in [0.4, 0.5) is 0 Å². The van der Waals surface area contributed by atoms with Crippen molar-refractivity contribution in [2.24, 2.45) is 17.8 Å². The summed E-state index contributed by atoms with van der Waals surface area (Å²) in [4.78, 5) is 2.52. The summed E-state index contributed by atoms with van der Waals surface area (Å²) < 4.78 is 0. The molecule has 76 valence electrons. The van der Waals surface area contributed by atoms with Crippen LogP contribution in [0.1, 0.15) is 39.5 Å². The summed E-state index contributed by atoms with van der Waals surface area (Å²) in [6.45, 7) is 5.94. The first-order chi connectivity index (χ1) is 6.16. The fraction of sp³-hybridized carbons (Fsp3) is 1.00. The molecule has 0 aromatic carbocycles. The standard InChI is InChI=1S/C12H23N/c1-9(2)13(3)8-12-7-10-4-5-11(12)6-10/h9-12H,4-8H2,1-3H3. The molecule has 0 aromatic heterocycles. The fourth-order valence-corrected chi connectivity index (χ4v) is 3.18. The molecule has 2 bridgehead atoms. The summed E-state index contributed by atoms with van der Waals surface area (Å²) >= 11 is 0. The monoisotopic (exact) mass is 181 g/mol. The largest absolute Gasteiger partial charge is 0.304 e. The lowest BCUT2D eigenvalue weighted by Crippen LogP contribution is -2.33. The molecule has 2 aliphatic rings. The number of hydrogen-bond acceptors (Lipinski definition) is 1. The smallest absolute Gasteiger partial charge is 0.00356 e. The molecular formula is C12H23N. The summed E-state index contributed by atoms with van der Waals surface area (Å²) in [5.41, 5.74) is 0. The minimum Gasteiger partial charge on any atom is -0.304 e. The second-order valence-corrected chi connectivity index (χ2v) is 5.47. The zero-order valence-corrected chi connectivity index (χ0v) is 9.29.